The van der Waals surface area contributed by atoms with Crippen LogP contribution in [0.15, 0.2) is 30.3 Å². The molecule has 132 valence electrons. The van der Waals surface area contributed by atoms with Gasteiger partial charge < -0.3 is 0 Å². The Labute approximate surface area is 149 Å². The molecule has 0 saturated carbocycles. The average Bonchev–Trinajstić information content (AvgIpc) is 2.78. The standard InChI is InChI=1S/C19H16N2O5/c1-10-6-11(2)17(12(3)7-10)16(22)9-20-18(23)14-5-4-13(21(25)26)8-15(14)19(20)24/h4-8H,9H2,1-3H3. The number of Topliss-reactive ketones (excluding diaryl/α,β-unsaturated/α-hetero) is 1. The summed E-state index contributed by atoms with van der Waals surface area (Å²) in [5, 5.41) is 10.9. The summed E-state index contributed by atoms with van der Waals surface area (Å²) in [5.74, 6) is -1.65. The minimum absolute atomic E-state index is 0.0469. The highest BCUT2D eigenvalue weighted by Crippen LogP contribution is 2.27. The van der Waals surface area contributed by atoms with E-state index in [0.29, 0.717) is 5.56 Å². The number of benzene rings is 2. The molecule has 7 heteroatoms. The van der Waals surface area contributed by atoms with Crippen LogP contribution in [-0.4, -0.2) is 34.0 Å². The van der Waals surface area contributed by atoms with Crippen molar-refractivity contribution < 1.29 is 19.3 Å². The maximum absolute atomic E-state index is 12.7. The fraction of sp³-hybridized carbons (Fsp3) is 0.211. The van der Waals surface area contributed by atoms with Crippen LogP contribution in [0.1, 0.15) is 47.8 Å². The van der Waals surface area contributed by atoms with Crippen LogP contribution in [-0.2, 0) is 0 Å². The van der Waals surface area contributed by atoms with E-state index in [1.807, 2.05) is 19.1 Å². The predicted molar refractivity (Wildman–Crippen MR) is 93.4 cm³/mol. The van der Waals surface area contributed by atoms with Crippen LogP contribution in [0.2, 0.25) is 0 Å². The lowest BCUT2D eigenvalue weighted by molar-refractivity contribution is -0.384. The third kappa shape index (κ3) is 2.77. The highest BCUT2D eigenvalue weighted by Gasteiger charge is 2.38. The zero-order valence-electron chi connectivity index (χ0n) is 14.5. The largest absolute Gasteiger partial charge is 0.292 e. The first-order valence-corrected chi connectivity index (χ1v) is 7.96. The van der Waals surface area contributed by atoms with E-state index in [-0.39, 0.29) is 22.6 Å². The maximum atomic E-state index is 12.7. The monoisotopic (exact) mass is 352 g/mol. The van der Waals surface area contributed by atoms with Crippen molar-refractivity contribution in [2.75, 3.05) is 6.54 Å². The second kappa shape index (κ2) is 6.18. The fourth-order valence-electron chi connectivity index (χ4n) is 3.38. The lowest BCUT2D eigenvalue weighted by atomic mass is 9.96. The number of nitro benzene ring substituents is 1. The van der Waals surface area contributed by atoms with Gasteiger partial charge in [-0.05, 0) is 38.0 Å². The summed E-state index contributed by atoms with van der Waals surface area (Å²) in [6, 6.07) is 7.23. The normalized spacial score (nSPS) is 13.1. The molecule has 2 amide bonds. The highest BCUT2D eigenvalue weighted by atomic mass is 16.6. The molecule has 26 heavy (non-hydrogen) atoms. The number of rotatable bonds is 4. The van der Waals surface area contributed by atoms with Crippen molar-refractivity contribution in [2.24, 2.45) is 0 Å². The predicted octanol–water partition coefficient (Wildman–Crippen LogP) is 3.00. The number of fused-ring (bicyclic) bond motifs is 1. The number of hydrogen-bond donors (Lipinski definition) is 0. The Hall–Kier alpha value is -3.35. The summed E-state index contributed by atoms with van der Waals surface area (Å²) in [6.45, 7) is 5.13. The molecule has 2 aromatic rings. The first-order valence-electron chi connectivity index (χ1n) is 7.96. The van der Waals surface area contributed by atoms with E-state index in [4.69, 9.17) is 0 Å². The number of nitro groups is 1. The van der Waals surface area contributed by atoms with Crippen LogP contribution in [0, 0.1) is 30.9 Å². The number of carbonyl (C=O) groups excluding carboxylic acids is 3. The molecule has 2 aromatic carbocycles. The molecular formula is C19H16N2O5. The lowest BCUT2D eigenvalue weighted by Gasteiger charge is -2.15. The molecule has 1 aliphatic heterocycles. The Morgan fingerprint density at radius 2 is 1.58 bits per heavy atom. The molecule has 0 bridgehead atoms. The SMILES string of the molecule is Cc1cc(C)c(C(=O)CN2C(=O)c3ccc([N+](=O)[O-])cc3C2=O)c(C)c1. The summed E-state index contributed by atoms with van der Waals surface area (Å²) in [7, 11) is 0. The Bertz CT molecular complexity index is 970. The highest BCUT2D eigenvalue weighted by molar-refractivity contribution is 6.23. The first kappa shape index (κ1) is 17.5. The zero-order chi connectivity index (χ0) is 19.2. The molecule has 0 unspecified atom stereocenters. The summed E-state index contributed by atoms with van der Waals surface area (Å²) < 4.78 is 0. The number of carbonyl (C=O) groups is 3. The van der Waals surface area contributed by atoms with Gasteiger partial charge in [0.05, 0.1) is 22.6 Å². The van der Waals surface area contributed by atoms with Gasteiger partial charge >= 0.3 is 0 Å². The zero-order valence-corrected chi connectivity index (χ0v) is 14.5. The minimum atomic E-state index is -0.690. The number of nitrogens with zero attached hydrogens (tertiary/aromatic N) is 2. The van der Waals surface area contributed by atoms with Crippen molar-refractivity contribution in [1.82, 2.24) is 4.90 Å². The molecular weight excluding hydrogens is 336 g/mol. The molecule has 1 heterocycles. The molecule has 0 N–H and O–H groups in total. The topological polar surface area (TPSA) is 97.6 Å². The van der Waals surface area contributed by atoms with E-state index < -0.39 is 23.3 Å². The molecule has 1 aliphatic rings. The number of ketones is 1. The Morgan fingerprint density at radius 1 is 1.00 bits per heavy atom. The number of amides is 2. The summed E-state index contributed by atoms with van der Waals surface area (Å²) in [5.41, 5.74) is 2.81. The van der Waals surface area contributed by atoms with Gasteiger partial charge in [-0.15, -0.1) is 0 Å². The van der Waals surface area contributed by atoms with Gasteiger partial charge in [0.2, 0.25) is 0 Å². The number of non-ortho nitro benzene ring substituents is 1. The van der Waals surface area contributed by atoms with Crippen LogP contribution in [0.5, 0.6) is 0 Å². The minimum Gasteiger partial charge on any atom is -0.292 e. The average molecular weight is 352 g/mol. The molecule has 3 rings (SSSR count). The number of hydrogen-bond acceptors (Lipinski definition) is 5. The fourth-order valence-corrected chi connectivity index (χ4v) is 3.38. The van der Waals surface area contributed by atoms with Crippen LogP contribution in [0.4, 0.5) is 5.69 Å². The van der Waals surface area contributed by atoms with Crippen LogP contribution in [0.3, 0.4) is 0 Å². The van der Waals surface area contributed by atoms with E-state index in [9.17, 15) is 24.5 Å². The van der Waals surface area contributed by atoms with E-state index in [1.54, 1.807) is 13.8 Å². The van der Waals surface area contributed by atoms with Crippen LogP contribution in [0.25, 0.3) is 0 Å². The number of imide groups is 1. The molecule has 0 atom stereocenters. The van der Waals surface area contributed by atoms with Crippen molar-refractivity contribution in [1.29, 1.82) is 0 Å². The van der Waals surface area contributed by atoms with Gasteiger partial charge in [0.1, 0.15) is 0 Å². The van der Waals surface area contributed by atoms with Gasteiger partial charge in [-0.2, -0.15) is 0 Å². The molecule has 0 spiro atoms. The van der Waals surface area contributed by atoms with E-state index in [2.05, 4.69) is 0 Å². The van der Waals surface area contributed by atoms with Gasteiger partial charge in [-0.1, -0.05) is 17.7 Å². The third-order valence-corrected chi connectivity index (χ3v) is 4.42. The molecule has 7 nitrogen and oxygen atoms in total. The van der Waals surface area contributed by atoms with E-state index in [0.717, 1.165) is 27.7 Å². The summed E-state index contributed by atoms with van der Waals surface area (Å²) in [6.07, 6.45) is 0. The van der Waals surface area contributed by atoms with E-state index in [1.165, 1.54) is 12.1 Å². The van der Waals surface area contributed by atoms with E-state index >= 15 is 0 Å². The van der Waals surface area contributed by atoms with Gasteiger partial charge in [0.25, 0.3) is 17.5 Å². The molecule has 0 aliphatic carbocycles. The Morgan fingerprint density at radius 3 is 2.15 bits per heavy atom. The van der Waals surface area contributed by atoms with Gasteiger partial charge in [0.15, 0.2) is 5.78 Å². The van der Waals surface area contributed by atoms with Crippen molar-refractivity contribution in [3.8, 4) is 0 Å². The quantitative estimate of drug-likeness (QED) is 0.365. The third-order valence-electron chi connectivity index (χ3n) is 4.42. The van der Waals surface area contributed by atoms with Crippen molar-refractivity contribution in [3.63, 3.8) is 0 Å². The number of aryl methyl sites for hydroxylation is 3. The van der Waals surface area contributed by atoms with Crippen molar-refractivity contribution in [3.05, 3.63) is 73.8 Å². The lowest BCUT2D eigenvalue weighted by Crippen LogP contribution is -2.35. The van der Waals surface area contributed by atoms with Gasteiger partial charge in [-0.25, -0.2) is 0 Å². The molecule has 0 aromatic heterocycles. The Kier molecular flexibility index (Phi) is 4.15. The first-order chi connectivity index (χ1) is 12.2. The summed E-state index contributed by atoms with van der Waals surface area (Å²) >= 11 is 0. The van der Waals surface area contributed by atoms with Crippen LogP contribution < -0.4 is 0 Å². The van der Waals surface area contributed by atoms with Gasteiger partial charge in [0, 0.05) is 17.7 Å². The van der Waals surface area contributed by atoms with Crippen molar-refractivity contribution >= 4 is 23.3 Å². The Balaban J connectivity index is 1.92. The van der Waals surface area contributed by atoms with Crippen LogP contribution >= 0.6 is 0 Å². The van der Waals surface area contributed by atoms with Crippen molar-refractivity contribution in [2.45, 2.75) is 20.8 Å². The molecule has 0 fully saturated rings. The summed E-state index contributed by atoms with van der Waals surface area (Å²) in [4.78, 5) is 48.8. The maximum Gasteiger partial charge on any atom is 0.270 e. The van der Waals surface area contributed by atoms with Gasteiger partial charge in [-0.3, -0.25) is 29.4 Å². The second-order valence-electron chi connectivity index (χ2n) is 6.38. The molecule has 0 saturated heterocycles. The second-order valence-corrected chi connectivity index (χ2v) is 6.38. The molecule has 0 radical (unpaired) electrons. The smallest absolute Gasteiger partial charge is 0.270 e.